The summed E-state index contributed by atoms with van der Waals surface area (Å²) in [6.45, 7) is 9.46. The van der Waals surface area contributed by atoms with Crippen LogP contribution in [-0.4, -0.2) is 44.8 Å². The zero-order valence-corrected chi connectivity index (χ0v) is 17.9. The van der Waals surface area contributed by atoms with E-state index in [1.165, 1.54) is 6.07 Å². The van der Waals surface area contributed by atoms with E-state index in [4.69, 9.17) is 0 Å². The van der Waals surface area contributed by atoms with E-state index in [1.807, 2.05) is 6.07 Å². The number of halogens is 2. The number of nitrogens with one attached hydrogen (secondary N) is 3. The molecule has 162 valence electrons. The first-order valence-corrected chi connectivity index (χ1v) is 10.4. The second-order valence-electron chi connectivity index (χ2n) is 8.52. The summed E-state index contributed by atoms with van der Waals surface area (Å²) in [5.74, 6) is -0.471. The number of anilines is 3. The Morgan fingerprint density at radius 2 is 1.84 bits per heavy atom. The number of aryl methyl sites for hydroxylation is 1. The van der Waals surface area contributed by atoms with Gasteiger partial charge in [-0.2, -0.15) is 5.10 Å². The maximum absolute atomic E-state index is 15.5. The average Bonchev–Trinajstić information content (AvgIpc) is 3.27. The van der Waals surface area contributed by atoms with Crippen molar-refractivity contribution in [1.82, 2.24) is 24.9 Å². The van der Waals surface area contributed by atoms with Crippen molar-refractivity contribution >= 4 is 33.7 Å². The molecule has 0 unspecified atom stereocenters. The molecule has 3 aromatic heterocycles. The van der Waals surface area contributed by atoms with Gasteiger partial charge >= 0.3 is 0 Å². The van der Waals surface area contributed by atoms with E-state index in [9.17, 15) is 4.39 Å². The lowest BCUT2D eigenvalue weighted by Crippen LogP contribution is -2.54. The maximum Gasteiger partial charge on any atom is 0.173 e. The number of nitrogens with zero attached hydrogens (tertiary/aromatic N) is 4. The molecule has 0 saturated carbocycles. The molecule has 0 aliphatic carbocycles. The lowest BCUT2D eigenvalue weighted by Gasteiger charge is -2.38. The molecule has 1 saturated heterocycles. The largest absolute Gasteiger partial charge is 0.368 e. The van der Waals surface area contributed by atoms with Gasteiger partial charge in [-0.15, -0.1) is 0 Å². The first-order chi connectivity index (χ1) is 14.8. The first kappa shape index (κ1) is 19.7. The van der Waals surface area contributed by atoms with Gasteiger partial charge in [0.15, 0.2) is 17.3 Å². The van der Waals surface area contributed by atoms with E-state index in [-0.39, 0.29) is 11.5 Å². The molecule has 1 fully saturated rings. The molecule has 3 N–H and O–H groups in total. The predicted octanol–water partition coefficient (Wildman–Crippen LogP) is 4.04. The summed E-state index contributed by atoms with van der Waals surface area (Å²) >= 11 is 0. The summed E-state index contributed by atoms with van der Waals surface area (Å²) in [7, 11) is 0. The first-order valence-electron chi connectivity index (χ1n) is 10.4. The third-order valence-corrected chi connectivity index (χ3v) is 5.80. The molecule has 0 bridgehead atoms. The second kappa shape index (κ2) is 7.19. The highest BCUT2D eigenvalue weighted by atomic mass is 19.1. The highest BCUT2D eigenvalue weighted by Gasteiger charge is 2.25. The lowest BCUT2D eigenvalue weighted by atomic mass is 10.1. The molecule has 7 nitrogen and oxygen atoms in total. The highest BCUT2D eigenvalue weighted by molar-refractivity contribution is 5.95. The fraction of sp³-hybridized carbons (Fsp3) is 0.364. The maximum atomic E-state index is 15.5. The molecule has 1 aliphatic heterocycles. The van der Waals surface area contributed by atoms with Crippen LogP contribution in [0.2, 0.25) is 0 Å². The Morgan fingerprint density at radius 3 is 2.58 bits per heavy atom. The van der Waals surface area contributed by atoms with Crippen LogP contribution in [-0.2, 0) is 0 Å². The molecular weight excluding hydrogens is 400 g/mol. The molecule has 2 atom stereocenters. The molecule has 9 heteroatoms. The van der Waals surface area contributed by atoms with Gasteiger partial charge in [-0.3, -0.25) is 5.10 Å². The van der Waals surface area contributed by atoms with Crippen LogP contribution in [0, 0.1) is 25.5 Å². The summed E-state index contributed by atoms with van der Waals surface area (Å²) in [5.41, 5.74) is 3.46. The number of pyridine rings is 1. The zero-order chi connectivity index (χ0) is 21.9. The topological polar surface area (TPSA) is 73.3 Å². The molecule has 5 rings (SSSR count). The Morgan fingerprint density at radius 1 is 1.10 bits per heavy atom. The van der Waals surface area contributed by atoms with Crippen LogP contribution in [0.5, 0.6) is 0 Å². The molecule has 4 heterocycles. The number of imidazole rings is 1. The van der Waals surface area contributed by atoms with Crippen molar-refractivity contribution in [1.29, 1.82) is 0 Å². The van der Waals surface area contributed by atoms with Crippen LogP contribution in [0.4, 0.5) is 26.0 Å². The molecule has 0 spiro atoms. The van der Waals surface area contributed by atoms with Gasteiger partial charge in [0.05, 0.1) is 22.3 Å². The van der Waals surface area contributed by atoms with E-state index in [0.29, 0.717) is 45.7 Å². The van der Waals surface area contributed by atoms with Gasteiger partial charge in [0, 0.05) is 54.9 Å². The molecule has 0 radical (unpaired) electrons. The molecule has 1 aromatic carbocycles. The predicted molar refractivity (Wildman–Crippen MR) is 118 cm³/mol. The van der Waals surface area contributed by atoms with Crippen molar-refractivity contribution in [3.8, 4) is 0 Å². The van der Waals surface area contributed by atoms with Gasteiger partial charge < -0.3 is 19.9 Å². The van der Waals surface area contributed by atoms with Gasteiger partial charge in [-0.25, -0.2) is 13.8 Å². The smallest absolute Gasteiger partial charge is 0.173 e. The summed E-state index contributed by atoms with van der Waals surface area (Å²) < 4.78 is 31.5. The standard InChI is InChI=1S/C22H25F2N7/c1-11-7-30(8-12(2)25-11)18-6-17-19(20(24)14(18)4)21(29-28-17)27-15-5-16(23)22-26-13(3)9-31(22)10-15/h5-6,9-12,25H,7-8H2,1-4H3,(H2,27,28,29)/t11-,12-/m0/s1. The third kappa shape index (κ3) is 3.38. The molecule has 0 amide bonds. The van der Waals surface area contributed by atoms with Crippen LogP contribution in [0.3, 0.4) is 0 Å². The second-order valence-corrected chi connectivity index (χ2v) is 8.52. The number of hydrogen-bond acceptors (Lipinski definition) is 5. The number of aromatic amines is 1. The normalized spacial score (nSPS) is 19.5. The Kier molecular flexibility index (Phi) is 4.58. The Labute approximate surface area is 178 Å². The Balaban J connectivity index is 1.53. The van der Waals surface area contributed by atoms with Crippen molar-refractivity contribution < 1.29 is 8.78 Å². The van der Waals surface area contributed by atoms with Crippen molar-refractivity contribution in [2.75, 3.05) is 23.3 Å². The number of H-pyrrole nitrogens is 1. The summed E-state index contributed by atoms with van der Waals surface area (Å²) in [6.07, 6.45) is 3.44. The van der Waals surface area contributed by atoms with Crippen molar-refractivity contribution in [3.63, 3.8) is 0 Å². The quantitative estimate of drug-likeness (QED) is 0.462. The van der Waals surface area contributed by atoms with Crippen molar-refractivity contribution in [2.24, 2.45) is 0 Å². The number of rotatable bonds is 3. The van der Waals surface area contributed by atoms with E-state index < -0.39 is 5.82 Å². The van der Waals surface area contributed by atoms with Gasteiger partial charge in [0.2, 0.25) is 0 Å². The number of aromatic nitrogens is 4. The van der Waals surface area contributed by atoms with Crippen molar-refractivity contribution in [3.05, 3.63) is 47.4 Å². The van der Waals surface area contributed by atoms with Crippen LogP contribution in [0.25, 0.3) is 16.6 Å². The minimum atomic E-state index is -0.459. The number of benzene rings is 1. The number of piperazine rings is 1. The zero-order valence-electron chi connectivity index (χ0n) is 17.9. The van der Waals surface area contributed by atoms with Crippen LogP contribution < -0.4 is 15.5 Å². The summed E-state index contributed by atoms with van der Waals surface area (Å²) in [4.78, 5) is 6.37. The van der Waals surface area contributed by atoms with Crippen LogP contribution in [0.1, 0.15) is 25.1 Å². The molecule has 1 aliphatic rings. The summed E-state index contributed by atoms with van der Waals surface area (Å²) in [6, 6.07) is 3.92. The van der Waals surface area contributed by atoms with E-state index in [0.717, 1.165) is 18.8 Å². The Bertz CT molecular complexity index is 1280. The highest BCUT2D eigenvalue weighted by Crippen LogP contribution is 2.35. The molecule has 4 aromatic rings. The van der Waals surface area contributed by atoms with Gasteiger partial charge in [0.1, 0.15) is 5.82 Å². The minimum absolute atomic E-state index is 0.251. The van der Waals surface area contributed by atoms with E-state index in [1.54, 1.807) is 30.6 Å². The SMILES string of the molecule is Cc1cn2cc(Nc3n[nH]c4cc(N5C[C@H](C)N[C@@H](C)C5)c(C)c(F)c34)cc(F)c2n1. The van der Waals surface area contributed by atoms with E-state index in [2.05, 4.69) is 44.6 Å². The van der Waals surface area contributed by atoms with Crippen LogP contribution in [0.15, 0.2) is 24.5 Å². The van der Waals surface area contributed by atoms with Crippen LogP contribution >= 0.6 is 0 Å². The lowest BCUT2D eigenvalue weighted by molar-refractivity contribution is 0.406. The van der Waals surface area contributed by atoms with Gasteiger partial charge in [-0.1, -0.05) is 0 Å². The van der Waals surface area contributed by atoms with Gasteiger partial charge in [0.25, 0.3) is 0 Å². The third-order valence-electron chi connectivity index (χ3n) is 5.80. The van der Waals surface area contributed by atoms with Crippen molar-refractivity contribution in [2.45, 2.75) is 39.8 Å². The summed E-state index contributed by atoms with van der Waals surface area (Å²) in [5, 5.41) is 14.1. The molecular formula is C22H25F2N7. The average molecular weight is 425 g/mol. The monoisotopic (exact) mass is 425 g/mol. The fourth-order valence-corrected chi connectivity index (χ4v) is 4.55. The fourth-order valence-electron chi connectivity index (χ4n) is 4.55. The molecule has 31 heavy (non-hydrogen) atoms. The van der Waals surface area contributed by atoms with E-state index >= 15 is 4.39 Å². The minimum Gasteiger partial charge on any atom is -0.368 e. The number of hydrogen-bond donors (Lipinski definition) is 3. The Hall–Kier alpha value is -3.20. The number of fused-ring (bicyclic) bond motifs is 2. The van der Waals surface area contributed by atoms with Gasteiger partial charge in [-0.05, 0) is 33.8 Å².